The van der Waals surface area contributed by atoms with Crippen LogP contribution in [0.1, 0.15) is 64.5 Å². The van der Waals surface area contributed by atoms with E-state index < -0.39 is 11.5 Å². The summed E-state index contributed by atoms with van der Waals surface area (Å²) >= 11 is 6.64. The van der Waals surface area contributed by atoms with Crippen LogP contribution in [-0.4, -0.2) is 28.6 Å². The number of hydrogen-bond donors (Lipinski definition) is 2. The maximum absolute atomic E-state index is 12.7. The lowest BCUT2D eigenvalue weighted by Crippen LogP contribution is -2.54. The van der Waals surface area contributed by atoms with Crippen molar-refractivity contribution in [1.29, 1.82) is 0 Å². The van der Waals surface area contributed by atoms with Crippen LogP contribution in [0.3, 0.4) is 0 Å². The van der Waals surface area contributed by atoms with Crippen molar-refractivity contribution < 1.29 is 14.7 Å². The van der Waals surface area contributed by atoms with Gasteiger partial charge in [-0.1, -0.05) is 51.4 Å². The van der Waals surface area contributed by atoms with Gasteiger partial charge in [0, 0.05) is 17.8 Å². The largest absolute Gasteiger partial charge is 0.481 e. The van der Waals surface area contributed by atoms with Gasteiger partial charge < -0.3 is 15.3 Å². The van der Waals surface area contributed by atoms with E-state index in [0.717, 1.165) is 47.4 Å². The summed E-state index contributed by atoms with van der Waals surface area (Å²) in [4.78, 5) is 25.1. The molecular weight excluding hydrogens is 388 g/mol. The number of halogens is 1. The average Bonchev–Trinajstić information content (AvgIpc) is 2.94. The molecular formula is C23H31ClN2O3. The predicted molar refractivity (Wildman–Crippen MR) is 115 cm³/mol. The molecule has 0 bridgehead atoms. The molecule has 1 aromatic carbocycles. The minimum atomic E-state index is -0.912. The van der Waals surface area contributed by atoms with Crippen molar-refractivity contribution in [3.8, 4) is 0 Å². The van der Waals surface area contributed by atoms with Crippen LogP contribution < -0.4 is 5.32 Å². The fraction of sp³-hybridized carbons (Fsp3) is 0.565. The molecule has 0 saturated heterocycles. The number of fused-ring (bicyclic) bond motifs is 1. The van der Waals surface area contributed by atoms with Crippen molar-refractivity contribution in [2.24, 2.45) is 11.3 Å². The molecule has 2 atom stereocenters. The Hall–Kier alpha value is -2.01. The lowest BCUT2D eigenvalue weighted by atomic mass is 9.81. The van der Waals surface area contributed by atoms with E-state index in [4.69, 9.17) is 16.7 Å². The van der Waals surface area contributed by atoms with Gasteiger partial charge in [-0.05, 0) is 59.8 Å². The monoisotopic (exact) mass is 418 g/mol. The summed E-state index contributed by atoms with van der Waals surface area (Å²) in [6.45, 7) is 8.98. The third-order valence-corrected chi connectivity index (χ3v) is 6.46. The van der Waals surface area contributed by atoms with Crippen molar-refractivity contribution in [1.82, 2.24) is 10.2 Å². The van der Waals surface area contributed by atoms with E-state index in [1.165, 1.54) is 4.90 Å². The first-order valence-corrected chi connectivity index (χ1v) is 10.7. The van der Waals surface area contributed by atoms with Crippen LogP contribution in [0.4, 0.5) is 4.79 Å². The number of carbonyl (C=O) groups excluding carboxylic acids is 1. The van der Waals surface area contributed by atoms with Gasteiger partial charge in [0.05, 0.1) is 12.0 Å². The van der Waals surface area contributed by atoms with Gasteiger partial charge in [0.15, 0.2) is 0 Å². The smallest absolute Gasteiger partial charge is 0.322 e. The third-order valence-electron chi connectivity index (χ3n) is 6.11. The number of aliphatic carboxylic acids is 1. The molecule has 0 aromatic heterocycles. The predicted octanol–water partition coefficient (Wildman–Crippen LogP) is 5.33. The SMILES string of the molecule is C[C@@H]1CCC2(c3ccc(CCC(C)(C)C)c(Cl)c3)NC(=O)N(CCC(=O)O)C=C12. The summed E-state index contributed by atoms with van der Waals surface area (Å²) in [6.07, 6.45) is 5.53. The van der Waals surface area contributed by atoms with Crippen molar-refractivity contribution in [2.45, 2.75) is 65.3 Å². The van der Waals surface area contributed by atoms with Crippen molar-refractivity contribution in [2.75, 3.05) is 6.54 Å². The lowest BCUT2D eigenvalue weighted by molar-refractivity contribution is -0.137. The Kier molecular flexibility index (Phi) is 6.00. The molecule has 0 spiro atoms. The molecule has 1 saturated carbocycles. The van der Waals surface area contributed by atoms with Crippen LogP contribution in [0.25, 0.3) is 0 Å². The first-order chi connectivity index (χ1) is 13.5. The third kappa shape index (κ3) is 4.61. The van der Waals surface area contributed by atoms with Gasteiger partial charge in [-0.2, -0.15) is 0 Å². The molecule has 158 valence electrons. The van der Waals surface area contributed by atoms with Gasteiger partial charge in [0.25, 0.3) is 0 Å². The molecule has 2 N–H and O–H groups in total. The summed E-state index contributed by atoms with van der Waals surface area (Å²) < 4.78 is 0. The van der Waals surface area contributed by atoms with Crippen LogP contribution in [0.5, 0.6) is 0 Å². The molecule has 1 unspecified atom stereocenters. The van der Waals surface area contributed by atoms with Crippen molar-refractivity contribution in [3.63, 3.8) is 0 Å². The Morgan fingerprint density at radius 3 is 2.72 bits per heavy atom. The zero-order chi connectivity index (χ0) is 21.4. The number of carboxylic acids is 1. The van der Waals surface area contributed by atoms with Crippen LogP contribution in [0.15, 0.2) is 30.0 Å². The van der Waals surface area contributed by atoms with Gasteiger partial charge in [0.1, 0.15) is 0 Å². The minimum Gasteiger partial charge on any atom is -0.481 e. The Morgan fingerprint density at radius 1 is 1.38 bits per heavy atom. The first-order valence-electron chi connectivity index (χ1n) is 10.3. The summed E-state index contributed by atoms with van der Waals surface area (Å²) in [6, 6.07) is 5.92. The Labute approximate surface area is 178 Å². The maximum Gasteiger partial charge on any atom is 0.322 e. The maximum atomic E-state index is 12.7. The highest BCUT2D eigenvalue weighted by Crippen LogP contribution is 2.49. The normalized spacial score (nSPS) is 24.2. The summed E-state index contributed by atoms with van der Waals surface area (Å²) in [5.41, 5.74) is 2.95. The second-order valence-corrected chi connectivity index (χ2v) is 9.97. The number of benzene rings is 1. The second kappa shape index (κ2) is 8.02. The van der Waals surface area contributed by atoms with Gasteiger partial charge in [-0.25, -0.2) is 4.79 Å². The molecule has 1 fully saturated rings. The van der Waals surface area contributed by atoms with Gasteiger partial charge in [-0.3, -0.25) is 4.79 Å². The van der Waals surface area contributed by atoms with E-state index in [1.54, 1.807) is 0 Å². The molecule has 2 aliphatic rings. The molecule has 2 amide bonds. The second-order valence-electron chi connectivity index (χ2n) is 9.56. The number of hydrogen-bond acceptors (Lipinski definition) is 2. The van der Waals surface area contributed by atoms with Gasteiger partial charge in [-0.15, -0.1) is 0 Å². The summed E-state index contributed by atoms with van der Waals surface area (Å²) in [5.74, 6) is -0.604. The number of rotatable bonds is 6. The quantitative estimate of drug-likeness (QED) is 0.656. The van der Waals surface area contributed by atoms with Gasteiger partial charge >= 0.3 is 12.0 Å². The average molecular weight is 419 g/mol. The number of aryl methyl sites for hydroxylation is 1. The highest BCUT2D eigenvalue weighted by Gasteiger charge is 2.48. The Bertz CT molecular complexity index is 843. The molecule has 6 heteroatoms. The van der Waals surface area contributed by atoms with E-state index in [2.05, 4.69) is 45.1 Å². The van der Waals surface area contributed by atoms with Crippen LogP contribution in [-0.2, 0) is 16.8 Å². The topological polar surface area (TPSA) is 69.6 Å². The zero-order valence-electron chi connectivity index (χ0n) is 17.7. The number of amides is 2. The van der Waals surface area contributed by atoms with E-state index >= 15 is 0 Å². The number of nitrogens with one attached hydrogen (secondary N) is 1. The first kappa shape index (κ1) is 21.7. The van der Waals surface area contributed by atoms with Gasteiger partial charge in [0.2, 0.25) is 0 Å². The molecule has 5 nitrogen and oxygen atoms in total. The van der Waals surface area contributed by atoms with E-state index in [9.17, 15) is 9.59 Å². The van der Waals surface area contributed by atoms with E-state index in [1.807, 2.05) is 12.3 Å². The Balaban J connectivity index is 1.90. The Morgan fingerprint density at radius 2 is 2.10 bits per heavy atom. The van der Waals surface area contributed by atoms with E-state index in [-0.39, 0.29) is 24.4 Å². The number of carbonyl (C=O) groups is 2. The number of carboxylic acid groups (broad SMARTS) is 1. The number of nitrogens with zero attached hydrogens (tertiary/aromatic N) is 1. The fourth-order valence-electron chi connectivity index (χ4n) is 4.30. The molecule has 1 aliphatic carbocycles. The van der Waals surface area contributed by atoms with Crippen LogP contribution in [0.2, 0.25) is 5.02 Å². The lowest BCUT2D eigenvalue weighted by Gasteiger charge is -2.40. The fourth-order valence-corrected chi connectivity index (χ4v) is 4.57. The molecule has 1 aromatic rings. The number of urea groups is 1. The highest BCUT2D eigenvalue weighted by atomic mass is 35.5. The van der Waals surface area contributed by atoms with Crippen LogP contribution in [0, 0.1) is 11.3 Å². The van der Waals surface area contributed by atoms with Crippen molar-refractivity contribution >= 4 is 23.6 Å². The van der Waals surface area contributed by atoms with E-state index in [0.29, 0.717) is 5.92 Å². The molecule has 3 rings (SSSR count). The van der Waals surface area contributed by atoms with Crippen molar-refractivity contribution in [3.05, 3.63) is 46.1 Å². The molecule has 1 heterocycles. The minimum absolute atomic E-state index is 0.0765. The molecule has 29 heavy (non-hydrogen) atoms. The molecule has 0 radical (unpaired) electrons. The highest BCUT2D eigenvalue weighted by molar-refractivity contribution is 6.31. The zero-order valence-corrected chi connectivity index (χ0v) is 18.5. The molecule has 1 aliphatic heterocycles. The standard InChI is InChI=1S/C23H31ClN2O3/c1-15-7-11-23(18(15)14-26(21(29)25-23)12-9-20(27)28)17-6-5-16(19(24)13-17)8-10-22(2,3)4/h5-6,13-15H,7-12H2,1-4H3,(H,25,29)(H,27,28)/t15-,23?/m1/s1. The summed E-state index contributed by atoms with van der Waals surface area (Å²) in [5, 5.41) is 12.9. The van der Waals surface area contributed by atoms with Crippen LogP contribution >= 0.6 is 11.6 Å². The summed E-state index contributed by atoms with van der Waals surface area (Å²) in [7, 11) is 0.